The Hall–Kier alpha value is -3.03. The van der Waals surface area contributed by atoms with Crippen LogP contribution in [0.2, 0.25) is 0 Å². The van der Waals surface area contributed by atoms with E-state index in [1.54, 1.807) is 0 Å². The lowest BCUT2D eigenvalue weighted by molar-refractivity contribution is -0.384. The van der Waals surface area contributed by atoms with Crippen molar-refractivity contribution in [2.45, 2.75) is 6.54 Å². The zero-order chi connectivity index (χ0) is 15.4. The van der Waals surface area contributed by atoms with Crippen molar-refractivity contribution in [3.05, 3.63) is 62.4 Å². The van der Waals surface area contributed by atoms with Crippen LogP contribution in [0.3, 0.4) is 0 Å². The Morgan fingerprint density at radius 1 is 1.38 bits per heavy atom. The third kappa shape index (κ3) is 3.30. The van der Waals surface area contributed by atoms with E-state index in [0.717, 1.165) is 10.7 Å². The van der Waals surface area contributed by atoms with Crippen LogP contribution >= 0.6 is 0 Å². The fourth-order valence-corrected chi connectivity index (χ4v) is 1.67. The highest BCUT2D eigenvalue weighted by atomic mass is 16.6. The third-order valence-corrected chi connectivity index (χ3v) is 2.72. The predicted octanol–water partition coefficient (Wildman–Crippen LogP) is 1.04. The predicted molar refractivity (Wildman–Crippen MR) is 72.5 cm³/mol. The molecule has 108 valence electrons. The molecule has 0 N–H and O–H groups in total. The van der Waals surface area contributed by atoms with Gasteiger partial charge in [0.25, 0.3) is 11.2 Å². The summed E-state index contributed by atoms with van der Waals surface area (Å²) in [4.78, 5) is 33.8. The Balaban J connectivity index is 2.28. The molecule has 0 aliphatic heterocycles. The molecule has 0 saturated heterocycles. The smallest absolute Gasteiger partial charge is 0.270 e. The quantitative estimate of drug-likeness (QED) is 0.462. The molecular formula is C13H11N3O5. The molecule has 8 nitrogen and oxygen atoms in total. The van der Waals surface area contributed by atoms with Crippen LogP contribution < -0.4 is 10.3 Å². The summed E-state index contributed by atoms with van der Waals surface area (Å²) < 4.78 is 5.82. The number of hydrogen-bond acceptors (Lipinski definition) is 6. The molecule has 0 saturated carbocycles. The normalized spacial score (nSPS) is 10.1. The van der Waals surface area contributed by atoms with Crippen molar-refractivity contribution in [2.75, 3.05) is 7.11 Å². The molecule has 0 bridgehead atoms. The zero-order valence-corrected chi connectivity index (χ0v) is 11.1. The van der Waals surface area contributed by atoms with Crippen LogP contribution in [0.15, 0.2) is 41.2 Å². The van der Waals surface area contributed by atoms with Crippen LogP contribution in [0.1, 0.15) is 10.4 Å². The first kappa shape index (κ1) is 14.4. The maximum atomic E-state index is 12.1. The largest absolute Gasteiger partial charge is 0.480 e. The number of nitro groups is 1. The molecule has 0 unspecified atom stereocenters. The lowest BCUT2D eigenvalue weighted by Gasteiger charge is -2.05. The number of aromatic nitrogens is 2. The first-order chi connectivity index (χ1) is 10.0. The molecule has 1 aromatic heterocycles. The van der Waals surface area contributed by atoms with Gasteiger partial charge in [0.15, 0.2) is 5.78 Å². The fourth-order valence-electron chi connectivity index (χ4n) is 1.67. The maximum Gasteiger partial charge on any atom is 0.270 e. The maximum absolute atomic E-state index is 12.1. The number of ketones is 1. The summed E-state index contributed by atoms with van der Waals surface area (Å²) in [6, 6.07) is 7.91. The van der Waals surface area contributed by atoms with Crippen molar-refractivity contribution in [3.8, 4) is 5.88 Å². The molecule has 0 aliphatic carbocycles. The second-order valence-corrected chi connectivity index (χ2v) is 4.10. The minimum Gasteiger partial charge on any atom is -0.480 e. The lowest BCUT2D eigenvalue weighted by Crippen LogP contribution is -2.26. The molecule has 0 radical (unpaired) electrons. The van der Waals surface area contributed by atoms with Gasteiger partial charge in [-0.25, -0.2) is 4.68 Å². The van der Waals surface area contributed by atoms with E-state index in [2.05, 4.69) is 5.10 Å². The van der Waals surface area contributed by atoms with Gasteiger partial charge >= 0.3 is 0 Å². The standard InChI is InChI=1S/C13H11N3O5/c1-21-12-5-6-13(18)15(14-12)8-11(17)9-3-2-4-10(7-9)16(19)20/h2-7H,8H2,1H3. The number of methoxy groups -OCH3 is 1. The van der Waals surface area contributed by atoms with Gasteiger partial charge in [0.2, 0.25) is 5.88 Å². The Morgan fingerprint density at radius 2 is 2.14 bits per heavy atom. The second kappa shape index (κ2) is 5.95. The van der Waals surface area contributed by atoms with Gasteiger partial charge < -0.3 is 4.74 Å². The van der Waals surface area contributed by atoms with Gasteiger partial charge in [0.1, 0.15) is 6.54 Å². The third-order valence-electron chi connectivity index (χ3n) is 2.72. The molecule has 0 aliphatic rings. The van der Waals surface area contributed by atoms with Crippen LogP contribution in [0, 0.1) is 10.1 Å². The van der Waals surface area contributed by atoms with E-state index < -0.39 is 16.3 Å². The molecule has 1 heterocycles. The van der Waals surface area contributed by atoms with Gasteiger partial charge in [0.05, 0.1) is 12.0 Å². The average molecular weight is 289 g/mol. The average Bonchev–Trinajstić information content (AvgIpc) is 2.49. The van der Waals surface area contributed by atoms with E-state index in [1.165, 1.54) is 37.4 Å². The summed E-state index contributed by atoms with van der Waals surface area (Å²) in [5.74, 6) is -0.261. The monoisotopic (exact) mass is 289 g/mol. The van der Waals surface area contributed by atoms with Crippen molar-refractivity contribution in [1.29, 1.82) is 0 Å². The van der Waals surface area contributed by atoms with E-state index in [-0.39, 0.29) is 23.7 Å². The van der Waals surface area contributed by atoms with Gasteiger partial charge in [-0.05, 0) is 0 Å². The number of carbonyl (C=O) groups is 1. The van der Waals surface area contributed by atoms with Crippen LogP contribution in [-0.4, -0.2) is 27.6 Å². The first-order valence-electron chi connectivity index (χ1n) is 5.91. The molecule has 2 rings (SSSR count). The number of Topliss-reactive ketones (excluding diaryl/α,β-unsaturated/α-hetero) is 1. The highest BCUT2D eigenvalue weighted by Crippen LogP contribution is 2.14. The molecule has 0 fully saturated rings. The topological polar surface area (TPSA) is 104 Å². The molecule has 0 amide bonds. The molecule has 8 heteroatoms. The van der Waals surface area contributed by atoms with Crippen molar-refractivity contribution >= 4 is 11.5 Å². The lowest BCUT2D eigenvalue weighted by atomic mass is 10.1. The number of nitro benzene ring substituents is 1. The number of hydrogen-bond donors (Lipinski definition) is 0. The second-order valence-electron chi connectivity index (χ2n) is 4.10. The minimum absolute atomic E-state index is 0.140. The summed E-state index contributed by atoms with van der Waals surface area (Å²) in [6.45, 7) is -0.322. The Bertz CT molecular complexity index is 753. The van der Waals surface area contributed by atoms with Crippen LogP contribution in [0.5, 0.6) is 5.88 Å². The molecule has 2 aromatic rings. The Morgan fingerprint density at radius 3 is 2.81 bits per heavy atom. The zero-order valence-electron chi connectivity index (χ0n) is 11.1. The summed E-state index contributed by atoms with van der Waals surface area (Å²) >= 11 is 0. The van der Waals surface area contributed by atoms with Crippen LogP contribution in [0.25, 0.3) is 0 Å². The van der Waals surface area contributed by atoms with E-state index in [9.17, 15) is 19.7 Å². The van der Waals surface area contributed by atoms with Gasteiger partial charge in [-0.2, -0.15) is 0 Å². The fraction of sp³-hybridized carbons (Fsp3) is 0.154. The molecule has 1 aromatic carbocycles. The van der Waals surface area contributed by atoms with E-state index in [4.69, 9.17) is 4.74 Å². The summed E-state index contributed by atoms with van der Waals surface area (Å²) in [7, 11) is 1.39. The first-order valence-corrected chi connectivity index (χ1v) is 5.91. The number of carbonyl (C=O) groups excluding carboxylic acids is 1. The molecular weight excluding hydrogens is 278 g/mol. The Kier molecular flexibility index (Phi) is 4.07. The molecule has 0 spiro atoms. The van der Waals surface area contributed by atoms with E-state index in [1.807, 2.05) is 0 Å². The van der Waals surface area contributed by atoms with Crippen LogP contribution in [-0.2, 0) is 6.54 Å². The van der Waals surface area contributed by atoms with Gasteiger partial charge in [0, 0.05) is 29.8 Å². The van der Waals surface area contributed by atoms with E-state index in [0.29, 0.717) is 0 Å². The number of nitrogens with zero attached hydrogens (tertiary/aromatic N) is 3. The van der Waals surface area contributed by atoms with Crippen LogP contribution in [0.4, 0.5) is 5.69 Å². The van der Waals surface area contributed by atoms with Crippen molar-refractivity contribution in [3.63, 3.8) is 0 Å². The Labute approximate surface area is 118 Å². The SMILES string of the molecule is COc1ccc(=O)n(CC(=O)c2cccc([N+](=O)[O-])c2)n1. The number of rotatable bonds is 5. The van der Waals surface area contributed by atoms with Crippen molar-refractivity contribution < 1.29 is 14.5 Å². The highest BCUT2D eigenvalue weighted by Gasteiger charge is 2.13. The number of benzene rings is 1. The minimum atomic E-state index is -0.591. The van der Waals surface area contributed by atoms with E-state index >= 15 is 0 Å². The van der Waals surface area contributed by atoms with Gasteiger partial charge in [-0.1, -0.05) is 12.1 Å². The van der Waals surface area contributed by atoms with Crippen molar-refractivity contribution in [2.24, 2.45) is 0 Å². The van der Waals surface area contributed by atoms with Gasteiger partial charge in [-0.3, -0.25) is 19.7 Å². The summed E-state index contributed by atoms with van der Waals surface area (Å²) in [5.41, 5.74) is -0.512. The summed E-state index contributed by atoms with van der Waals surface area (Å²) in [6.07, 6.45) is 0. The summed E-state index contributed by atoms with van der Waals surface area (Å²) in [5, 5.41) is 14.5. The number of ether oxygens (including phenoxy) is 1. The number of non-ortho nitro benzene ring substituents is 1. The van der Waals surface area contributed by atoms with Gasteiger partial charge in [-0.15, -0.1) is 5.10 Å². The van der Waals surface area contributed by atoms with Crippen molar-refractivity contribution in [1.82, 2.24) is 9.78 Å². The highest BCUT2D eigenvalue weighted by molar-refractivity contribution is 5.96. The molecule has 0 atom stereocenters. The molecule has 21 heavy (non-hydrogen) atoms.